The van der Waals surface area contributed by atoms with Crippen LogP contribution in [-0.2, 0) is 0 Å². The van der Waals surface area contributed by atoms with Crippen molar-refractivity contribution < 1.29 is 14.2 Å². The van der Waals surface area contributed by atoms with Crippen molar-refractivity contribution in [3.8, 4) is 39.5 Å². The Labute approximate surface area is 177 Å². The Balaban J connectivity index is 2.12. The highest BCUT2D eigenvalue weighted by Gasteiger charge is 2.21. The third-order valence-corrected chi connectivity index (χ3v) is 4.99. The van der Waals surface area contributed by atoms with E-state index >= 15 is 0 Å². The molecule has 0 spiro atoms. The summed E-state index contributed by atoms with van der Waals surface area (Å²) >= 11 is 0. The van der Waals surface area contributed by atoms with Gasteiger partial charge in [0.05, 0.1) is 20.3 Å². The fraction of sp³-hybridized carbons (Fsp3) is 0.192. The van der Waals surface area contributed by atoms with Gasteiger partial charge in [-0.25, -0.2) is 0 Å². The fourth-order valence-electron chi connectivity index (χ4n) is 3.73. The average Bonchev–Trinajstić information content (AvgIpc) is 2.79. The summed E-state index contributed by atoms with van der Waals surface area (Å²) in [6.07, 6.45) is 1.80. The van der Waals surface area contributed by atoms with E-state index in [1.807, 2.05) is 62.4 Å². The molecule has 4 aromatic rings. The summed E-state index contributed by atoms with van der Waals surface area (Å²) in [5, 5.41) is 1.01. The maximum Gasteiger partial charge on any atom is 0.153 e. The molecule has 0 bridgehead atoms. The number of ether oxygens (including phenoxy) is 3. The van der Waals surface area contributed by atoms with E-state index in [0.29, 0.717) is 0 Å². The molecule has 0 atom stereocenters. The Kier molecular flexibility index (Phi) is 5.57. The standard InChI is InChI=1S/C26H25NO3/c1-17(2)30-26-22(19-11-6-8-14-24(19)29-4)16-21(20-12-9-15-27-25(20)26)18-10-5-7-13-23(18)28-3/h5-17H,1-4H3. The number of pyridine rings is 1. The molecular formula is C26H25NO3. The molecule has 0 saturated carbocycles. The van der Waals surface area contributed by atoms with Crippen LogP contribution in [0.3, 0.4) is 0 Å². The van der Waals surface area contributed by atoms with Gasteiger partial charge >= 0.3 is 0 Å². The van der Waals surface area contributed by atoms with Crippen LogP contribution in [0.5, 0.6) is 17.2 Å². The van der Waals surface area contributed by atoms with E-state index in [1.165, 1.54) is 0 Å². The normalized spacial score (nSPS) is 11.0. The molecule has 0 aliphatic rings. The first-order chi connectivity index (χ1) is 14.6. The van der Waals surface area contributed by atoms with Crippen LogP contribution < -0.4 is 14.2 Å². The van der Waals surface area contributed by atoms with E-state index in [0.717, 1.165) is 50.4 Å². The number of hydrogen-bond acceptors (Lipinski definition) is 4. The van der Waals surface area contributed by atoms with E-state index in [9.17, 15) is 0 Å². The summed E-state index contributed by atoms with van der Waals surface area (Å²) < 4.78 is 17.6. The lowest BCUT2D eigenvalue weighted by Crippen LogP contribution is -2.08. The minimum Gasteiger partial charge on any atom is -0.496 e. The van der Waals surface area contributed by atoms with E-state index < -0.39 is 0 Å². The number of methoxy groups -OCH3 is 2. The summed E-state index contributed by atoms with van der Waals surface area (Å²) in [4.78, 5) is 4.71. The molecule has 0 unspecified atom stereocenters. The second-order valence-electron chi connectivity index (χ2n) is 7.27. The smallest absolute Gasteiger partial charge is 0.153 e. The number of nitrogens with zero attached hydrogens (tertiary/aromatic N) is 1. The van der Waals surface area contributed by atoms with Crippen molar-refractivity contribution in [2.24, 2.45) is 0 Å². The van der Waals surface area contributed by atoms with E-state index in [4.69, 9.17) is 19.2 Å². The Morgan fingerprint density at radius 2 is 1.30 bits per heavy atom. The van der Waals surface area contributed by atoms with Crippen molar-refractivity contribution in [1.29, 1.82) is 0 Å². The maximum atomic E-state index is 6.31. The van der Waals surface area contributed by atoms with Gasteiger partial charge in [0, 0.05) is 28.3 Å². The van der Waals surface area contributed by atoms with E-state index in [2.05, 4.69) is 18.2 Å². The predicted octanol–water partition coefficient (Wildman–Crippen LogP) is 6.37. The third kappa shape index (κ3) is 3.57. The van der Waals surface area contributed by atoms with Crippen LogP contribution in [0.1, 0.15) is 13.8 Å². The molecule has 1 heterocycles. The van der Waals surface area contributed by atoms with E-state index in [1.54, 1.807) is 20.4 Å². The second-order valence-corrected chi connectivity index (χ2v) is 7.27. The monoisotopic (exact) mass is 399 g/mol. The molecule has 1 aromatic heterocycles. The molecule has 0 fully saturated rings. The Morgan fingerprint density at radius 1 is 0.700 bits per heavy atom. The number of benzene rings is 3. The molecule has 0 aliphatic heterocycles. The maximum absolute atomic E-state index is 6.31. The molecule has 30 heavy (non-hydrogen) atoms. The highest BCUT2D eigenvalue weighted by molar-refractivity contribution is 6.04. The van der Waals surface area contributed by atoms with Crippen molar-refractivity contribution in [2.75, 3.05) is 14.2 Å². The molecule has 4 nitrogen and oxygen atoms in total. The number of aromatic nitrogens is 1. The summed E-state index contributed by atoms with van der Waals surface area (Å²) in [6, 6.07) is 22.2. The highest BCUT2D eigenvalue weighted by atomic mass is 16.5. The Hall–Kier alpha value is -3.53. The molecule has 0 saturated heterocycles. The van der Waals surface area contributed by atoms with Crippen LogP contribution in [0, 0.1) is 0 Å². The van der Waals surface area contributed by atoms with Crippen molar-refractivity contribution in [3.63, 3.8) is 0 Å². The van der Waals surface area contributed by atoms with Crippen molar-refractivity contribution in [1.82, 2.24) is 4.98 Å². The van der Waals surface area contributed by atoms with Gasteiger partial charge in [-0.1, -0.05) is 42.5 Å². The molecule has 0 radical (unpaired) electrons. The van der Waals surface area contributed by atoms with Gasteiger partial charge in [0.15, 0.2) is 5.75 Å². The zero-order chi connectivity index (χ0) is 21.1. The van der Waals surface area contributed by atoms with Crippen LogP contribution in [0.15, 0.2) is 72.9 Å². The largest absolute Gasteiger partial charge is 0.496 e. The SMILES string of the molecule is COc1ccccc1-c1cc(-c2ccccc2OC)c2cccnc2c1OC(C)C. The molecule has 0 amide bonds. The first-order valence-electron chi connectivity index (χ1n) is 9.99. The van der Waals surface area contributed by atoms with Crippen molar-refractivity contribution in [3.05, 3.63) is 72.9 Å². The van der Waals surface area contributed by atoms with Crippen LogP contribution in [0.4, 0.5) is 0 Å². The fourth-order valence-corrected chi connectivity index (χ4v) is 3.73. The quantitative estimate of drug-likeness (QED) is 0.377. The first-order valence-corrected chi connectivity index (χ1v) is 9.99. The van der Waals surface area contributed by atoms with Crippen LogP contribution in [0.2, 0.25) is 0 Å². The molecular weight excluding hydrogens is 374 g/mol. The first kappa shape index (κ1) is 19.8. The van der Waals surface area contributed by atoms with Gasteiger partial charge in [-0.05, 0) is 43.7 Å². The molecule has 4 rings (SSSR count). The average molecular weight is 399 g/mol. The lowest BCUT2D eigenvalue weighted by atomic mass is 9.93. The van der Waals surface area contributed by atoms with Gasteiger partial charge < -0.3 is 14.2 Å². The Bertz CT molecular complexity index is 1180. The van der Waals surface area contributed by atoms with Gasteiger partial charge in [0.2, 0.25) is 0 Å². The summed E-state index contributed by atoms with van der Waals surface area (Å²) in [5.74, 6) is 2.35. The molecule has 152 valence electrons. The lowest BCUT2D eigenvalue weighted by molar-refractivity contribution is 0.246. The summed E-state index contributed by atoms with van der Waals surface area (Å²) in [5.41, 5.74) is 4.75. The molecule has 0 N–H and O–H groups in total. The zero-order valence-corrected chi connectivity index (χ0v) is 17.7. The number of para-hydroxylation sites is 2. The number of fused-ring (bicyclic) bond motifs is 1. The minimum absolute atomic E-state index is 0.000717. The minimum atomic E-state index is 0.000717. The van der Waals surface area contributed by atoms with Crippen molar-refractivity contribution >= 4 is 10.9 Å². The predicted molar refractivity (Wildman–Crippen MR) is 121 cm³/mol. The Morgan fingerprint density at radius 3 is 1.90 bits per heavy atom. The van der Waals surface area contributed by atoms with Crippen LogP contribution in [-0.4, -0.2) is 25.3 Å². The van der Waals surface area contributed by atoms with Gasteiger partial charge in [-0.2, -0.15) is 0 Å². The lowest BCUT2D eigenvalue weighted by Gasteiger charge is -2.20. The second kappa shape index (κ2) is 8.46. The number of rotatable bonds is 6. The van der Waals surface area contributed by atoms with Gasteiger partial charge in [-0.15, -0.1) is 0 Å². The summed E-state index contributed by atoms with van der Waals surface area (Å²) in [7, 11) is 3.37. The topological polar surface area (TPSA) is 40.6 Å². The van der Waals surface area contributed by atoms with Gasteiger partial charge in [0.25, 0.3) is 0 Å². The molecule has 3 aromatic carbocycles. The van der Waals surface area contributed by atoms with Crippen LogP contribution >= 0.6 is 0 Å². The number of hydrogen-bond donors (Lipinski definition) is 0. The molecule has 0 aliphatic carbocycles. The van der Waals surface area contributed by atoms with Crippen LogP contribution in [0.25, 0.3) is 33.2 Å². The highest BCUT2D eigenvalue weighted by Crippen LogP contribution is 2.46. The van der Waals surface area contributed by atoms with Gasteiger partial charge in [0.1, 0.15) is 17.0 Å². The zero-order valence-electron chi connectivity index (χ0n) is 17.7. The third-order valence-electron chi connectivity index (χ3n) is 4.99. The summed E-state index contributed by atoms with van der Waals surface area (Å²) in [6.45, 7) is 4.05. The van der Waals surface area contributed by atoms with Crippen molar-refractivity contribution in [2.45, 2.75) is 20.0 Å². The van der Waals surface area contributed by atoms with Gasteiger partial charge in [-0.3, -0.25) is 4.98 Å². The molecule has 4 heteroatoms. The van der Waals surface area contributed by atoms with E-state index in [-0.39, 0.29) is 6.10 Å².